The van der Waals surface area contributed by atoms with Crippen molar-refractivity contribution >= 4 is 29.0 Å². The van der Waals surface area contributed by atoms with Gasteiger partial charge in [-0.15, -0.1) is 0 Å². The number of anilines is 4. The Kier molecular flexibility index (Phi) is 7.73. The van der Waals surface area contributed by atoms with E-state index in [0.29, 0.717) is 18.5 Å². The molecule has 1 fully saturated rings. The fourth-order valence-electron chi connectivity index (χ4n) is 5.31. The zero-order valence-electron chi connectivity index (χ0n) is 23.1. The van der Waals surface area contributed by atoms with Crippen LogP contribution in [0.5, 0.6) is 0 Å². The van der Waals surface area contributed by atoms with Gasteiger partial charge in [0.15, 0.2) is 5.82 Å². The van der Waals surface area contributed by atoms with Crippen molar-refractivity contribution in [2.24, 2.45) is 5.41 Å². The summed E-state index contributed by atoms with van der Waals surface area (Å²) in [6, 6.07) is 9.15. The summed E-state index contributed by atoms with van der Waals surface area (Å²) < 4.78 is 0. The number of carbonyl (C=O) groups is 1. The van der Waals surface area contributed by atoms with Crippen molar-refractivity contribution in [2.45, 2.75) is 58.5 Å². The molecule has 4 rings (SSSR count). The summed E-state index contributed by atoms with van der Waals surface area (Å²) in [4.78, 5) is 31.4. The second kappa shape index (κ2) is 10.6. The van der Waals surface area contributed by atoms with E-state index in [1.54, 1.807) is 11.1 Å². The Hall–Kier alpha value is -2.87. The lowest BCUT2D eigenvalue weighted by Crippen LogP contribution is -2.45. The standard InChI is InChI=1S/C28H43N7O/c1-20(21-12-14-22(15-13-21)33(6)17-16-32(4)5)30-27-29-18-24-25(31-27)35(23-10-8-9-11-23)19-28(2,3)26(36)34(24)7/h12-15,18,20,23H,8-11,16-17,19H2,1-7H3,(H,29,30,31). The summed E-state index contributed by atoms with van der Waals surface area (Å²) in [6.07, 6.45) is 6.56. The van der Waals surface area contributed by atoms with Crippen LogP contribution < -0.4 is 20.0 Å². The van der Waals surface area contributed by atoms with Gasteiger partial charge in [-0.3, -0.25) is 4.79 Å². The number of rotatable bonds is 8. The molecule has 1 aliphatic heterocycles. The maximum Gasteiger partial charge on any atom is 0.234 e. The Bertz CT molecular complexity index is 1050. The van der Waals surface area contributed by atoms with E-state index in [4.69, 9.17) is 4.98 Å². The van der Waals surface area contributed by atoms with E-state index < -0.39 is 5.41 Å². The highest BCUT2D eigenvalue weighted by Gasteiger charge is 2.41. The van der Waals surface area contributed by atoms with Crippen molar-refractivity contribution < 1.29 is 4.79 Å². The highest BCUT2D eigenvalue weighted by molar-refractivity contribution is 6.00. The van der Waals surface area contributed by atoms with Gasteiger partial charge in [0.2, 0.25) is 11.9 Å². The summed E-state index contributed by atoms with van der Waals surface area (Å²) in [6.45, 7) is 8.87. The van der Waals surface area contributed by atoms with Crippen LogP contribution in [0.1, 0.15) is 58.1 Å². The lowest BCUT2D eigenvalue weighted by molar-refractivity contribution is -0.125. The van der Waals surface area contributed by atoms with Gasteiger partial charge in [-0.05, 0) is 65.4 Å². The van der Waals surface area contributed by atoms with Crippen LogP contribution in [-0.4, -0.2) is 74.6 Å². The predicted molar refractivity (Wildman–Crippen MR) is 149 cm³/mol. The molecule has 196 valence electrons. The fraction of sp³-hybridized carbons (Fsp3) is 0.607. The van der Waals surface area contributed by atoms with E-state index >= 15 is 0 Å². The monoisotopic (exact) mass is 493 g/mol. The van der Waals surface area contributed by atoms with Crippen molar-refractivity contribution in [1.29, 1.82) is 0 Å². The minimum absolute atomic E-state index is 0.0469. The highest BCUT2D eigenvalue weighted by Crippen LogP contribution is 2.40. The molecule has 1 aliphatic carbocycles. The smallest absolute Gasteiger partial charge is 0.234 e. The van der Waals surface area contributed by atoms with E-state index in [9.17, 15) is 4.79 Å². The summed E-state index contributed by atoms with van der Waals surface area (Å²) in [5, 5.41) is 3.50. The number of nitrogens with one attached hydrogen (secondary N) is 1. The molecule has 1 N–H and O–H groups in total. The molecule has 1 amide bonds. The molecule has 36 heavy (non-hydrogen) atoms. The Morgan fingerprint density at radius 1 is 1.11 bits per heavy atom. The molecule has 2 aliphatic rings. The third kappa shape index (κ3) is 5.59. The summed E-state index contributed by atoms with van der Waals surface area (Å²) in [5.74, 6) is 1.57. The number of carbonyl (C=O) groups excluding carboxylic acids is 1. The Balaban J connectivity index is 1.54. The largest absolute Gasteiger partial charge is 0.373 e. The summed E-state index contributed by atoms with van der Waals surface area (Å²) in [5.41, 5.74) is 2.69. The van der Waals surface area contributed by atoms with Gasteiger partial charge in [-0.2, -0.15) is 4.98 Å². The van der Waals surface area contributed by atoms with E-state index in [1.165, 1.54) is 24.1 Å². The zero-order valence-corrected chi connectivity index (χ0v) is 23.1. The molecule has 1 aromatic heterocycles. The molecule has 2 heterocycles. The van der Waals surface area contributed by atoms with Crippen molar-refractivity contribution in [3.05, 3.63) is 36.0 Å². The average molecular weight is 494 g/mol. The molecule has 2 aromatic rings. The molecule has 8 heteroatoms. The van der Waals surface area contributed by atoms with Crippen molar-refractivity contribution in [3.8, 4) is 0 Å². The molecule has 0 spiro atoms. The van der Waals surface area contributed by atoms with Crippen LogP contribution in [0.15, 0.2) is 30.5 Å². The van der Waals surface area contributed by atoms with Gasteiger partial charge in [0.25, 0.3) is 0 Å². The average Bonchev–Trinajstić information content (AvgIpc) is 3.37. The summed E-state index contributed by atoms with van der Waals surface area (Å²) in [7, 11) is 8.16. The topological polar surface area (TPSA) is 67.8 Å². The Morgan fingerprint density at radius 2 is 1.78 bits per heavy atom. The van der Waals surface area contributed by atoms with Gasteiger partial charge in [-0.1, -0.05) is 25.0 Å². The van der Waals surface area contributed by atoms with Gasteiger partial charge in [0.05, 0.1) is 17.7 Å². The van der Waals surface area contributed by atoms with Crippen LogP contribution in [0.2, 0.25) is 0 Å². The predicted octanol–water partition coefficient (Wildman–Crippen LogP) is 4.40. The fourth-order valence-corrected chi connectivity index (χ4v) is 5.31. The molecule has 1 saturated carbocycles. The molecule has 1 unspecified atom stereocenters. The lowest BCUT2D eigenvalue weighted by Gasteiger charge is -2.34. The maximum atomic E-state index is 13.2. The van der Waals surface area contributed by atoms with Crippen molar-refractivity contribution in [2.75, 3.05) is 67.8 Å². The van der Waals surface area contributed by atoms with E-state index in [-0.39, 0.29) is 11.9 Å². The molecule has 0 bridgehead atoms. The molecule has 8 nitrogen and oxygen atoms in total. The van der Waals surface area contributed by atoms with Crippen LogP contribution >= 0.6 is 0 Å². The minimum atomic E-state index is -0.486. The van der Waals surface area contributed by atoms with Crippen LogP contribution in [-0.2, 0) is 4.79 Å². The van der Waals surface area contributed by atoms with Gasteiger partial charge < -0.3 is 24.9 Å². The van der Waals surface area contributed by atoms with Crippen LogP contribution in [0, 0.1) is 5.41 Å². The van der Waals surface area contributed by atoms with E-state index in [2.05, 4.69) is 77.3 Å². The highest BCUT2D eigenvalue weighted by atomic mass is 16.2. The number of fused-ring (bicyclic) bond motifs is 1. The van der Waals surface area contributed by atoms with Crippen LogP contribution in [0.4, 0.5) is 23.1 Å². The first-order valence-electron chi connectivity index (χ1n) is 13.2. The first kappa shape index (κ1) is 26.2. The number of hydrogen-bond donors (Lipinski definition) is 1. The second-order valence-electron chi connectivity index (χ2n) is 11.4. The van der Waals surface area contributed by atoms with E-state index in [1.807, 2.05) is 20.9 Å². The third-order valence-electron chi connectivity index (χ3n) is 7.66. The Morgan fingerprint density at radius 3 is 2.42 bits per heavy atom. The third-order valence-corrected chi connectivity index (χ3v) is 7.66. The van der Waals surface area contributed by atoms with E-state index in [0.717, 1.165) is 37.4 Å². The van der Waals surface area contributed by atoms with Crippen LogP contribution in [0.3, 0.4) is 0 Å². The minimum Gasteiger partial charge on any atom is -0.373 e. The van der Waals surface area contributed by atoms with Crippen LogP contribution in [0.25, 0.3) is 0 Å². The molecule has 1 atom stereocenters. The number of likely N-dealkylation sites (N-methyl/N-ethyl adjacent to an activating group) is 2. The van der Waals surface area contributed by atoms with Gasteiger partial charge in [0.1, 0.15) is 5.69 Å². The number of benzene rings is 1. The molecular weight excluding hydrogens is 450 g/mol. The van der Waals surface area contributed by atoms with Crippen molar-refractivity contribution in [1.82, 2.24) is 14.9 Å². The zero-order chi connectivity index (χ0) is 26.0. The first-order valence-corrected chi connectivity index (χ1v) is 13.2. The van der Waals surface area contributed by atoms with Gasteiger partial charge >= 0.3 is 0 Å². The molecule has 0 saturated heterocycles. The normalized spacial score (nSPS) is 18.8. The lowest BCUT2D eigenvalue weighted by atomic mass is 9.91. The first-order chi connectivity index (χ1) is 17.1. The molecule has 1 aromatic carbocycles. The summed E-state index contributed by atoms with van der Waals surface area (Å²) >= 11 is 0. The quantitative estimate of drug-likeness (QED) is 0.585. The maximum absolute atomic E-state index is 13.2. The molecule has 0 radical (unpaired) electrons. The second-order valence-corrected chi connectivity index (χ2v) is 11.4. The Labute approximate surface area is 216 Å². The molecular formula is C28H43N7O. The number of hydrogen-bond acceptors (Lipinski definition) is 7. The van der Waals surface area contributed by atoms with Gasteiger partial charge in [-0.25, -0.2) is 4.98 Å². The SMILES string of the molecule is CC(Nc1ncc2c(n1)N(C1CCCC1)CC(C)(C)C(=O)N2C)c1ccc(N(C)CCN(C)C)cc1. The van der Waals surface area contributed by atoms with Gasteiger partial charge in [0, 0.05) is 45.5 Å². The number of amides is 1. The number of aromatic nitrogens is 2. The number of nitrogens with zero attached hydrogens (tertiary/aromatic N) is 6. The van der Waals surface area contributed by atoms with Crippen molar-refractivity contribution in [3.63, 3.8) is 0 Å².